The monoisotopic (exact) mass is 396 g/mol. The van der Waals surface area contributed by atoms with E-state index in [0.717, 1.165) is 27.8 Å². The molecule has 0 heterocycles. The molecular weight excluding hydrogens is 376 g/mol. The van der Waals surface area contributed by atoms with Crippen LogP contribution in [0.4, 0.5) is 22.7 Å². The fraction of sp³-hybridized carbons (Fsp3) is 0.0833. The van der Waals surface area contributed by atoms with Gasteiger partial charge in [0.15, 0.2) is 0 Å². The second kappa shape index (κ2) is 9.54. The van der Waals surface area contributed by atoms with E-state index in [4.69, 9.17) is 9.84 Å². The fourth-order valence-corrected chi connectivity index (χ4v) is 2.93. The summed E-state index contributed by atoms with van der Waals surface area (Å²) in [6, 6.07) is 28.6. The van der Waals surface area contributed by atoms with Crippen molar-refractivity contribution in [3.8, 4) is 5.75 Å². The molecule has 0 fully saturated rings. The van der Waals surface area contributed by atoms with Crippen LogP contribution in [0.25, 0.3) is 10.8 Å². The van der Waals surface area contributed by atoms with E-state index >= 15 is 0 Å². The summed E-state index contributed by atoms with van der Waals surface area (Å²) in [6.07, 6.45) is 0. The molecule has 0 aliphatic heterocycles. The Morgan fingerprint density at radius 3 is 1.67 bits per heavy atom. The molecule has 0 aromatic heterocycles. The Morgan fingerprint density at radius 2 is 1.10 bits per heavy atom. The number of hydrogen-bond donors (Lipinski definition) is 1. The van der Waals surface area contributed by atoms with Gasteiger partial charge < -0.3 is 9.84 Å². The number of azo groups is 2. The van der Waals surface area contributed by atoms with Gasteiger partial charge in [0.1, 0.15) is 12.4 Å². The van der Waals surface area contributed by atoms with E-state index in [1.165, 1.54) is 0 Å². The number of aliphatic hydroxyl groups excluding tert-OH is 1. The summed E-state index contributed by atoms with van der Waals surface area (Å²) in [5.41, 5.74) is 3.05. The molecule has 0 spiro atoms. The van der Waals surface area contributed by atoms with E-state index in [9.17, 15) is 0 Å². The second-order valence-corrected chi connectivity index (χ2v) is 6.45. The minimum atomic E-state index is -0.0184. The van der Waals surface area contributed by atoms with Crippen LogP contribution in [0.3, 0.4) is 0 Å². The highest BCUT2D eigenvalue weighted by Gasteiger charge is 2.05. The lowest BCUT2D eigenvalue weighted by Gasteiger charge is -2.05. The third kappa shape index (κ3) is 4.74. The van der Waals surface area contributed by atoms with Crippen molar-refractivity contribution in [1.82, 2.24) is 0 Å². The molecule has 0 radical (unpaired) electrons. The van der Waals surface area contributed by atoms with Crippen molar-refractivity contribution >= 4 is 33.5 Å². The zero-order chi connectivity index (χ0) is 20.6. The van der Waals surface area contributed by atoms with Crippen LogP contribution in [0.5, 0.6) is 5.75 Å². The first-order valence-electron chi connectivity index (χ1n) is 9.57. The molecule has 4 aromatic rings. The molecule has 0 atom stereocenters. The molecule has 4 rings (SSSR count). The predicted molar refractivity (Wildman–Crippen MR) is 118 cm³/mol. The maximum atomic E-state index is 8.82. The lowest BCUT2D eigenvalue weighted by molar-refractivity contribution is 0.201. The van der Waals surface area contributed by atoms with Crippen molar-refractivity contribution in [2.24, 2.45) is 20.5 Å². The molecule has 0 saturated carbocycles. The van der Waals surface area contributed by atoms with Gasteiger partial charge in [-0.1, -0.05) is 42.5 Å². The average Bonchev–Trinajstić information content (AvgIpc) is 2.81. The minimum absolute atomic E-state index is 0.0184. The summed E-state index contributed by atoms with van der Waals surface area (Å²) in [6.45, 7) is 0.246. The Bertz CT molecular complexity index is 1170. The molecule has 148 valence electrons. The molecule has 0 aliphatic rings. The number of hydrogen-bond acceptors (Lipinski definition) is 6. The Balaban J connectivity index is 1.59. The van der Waals surface area contributed by atoms with E-state index in [1.807, 2.05) is 78.9 Å². The highest BCUT2D eigenvalue weighted by molar-refractivity contribution is 5.99. The van der Waals surface area contributed by atoms with Crippen molar-refractivity contribution in [2.45, 2.75) is 0 Å². The van der Waals surface area contributed by atoms with E-state index in [2.05, 4.69) is 20.5 Å². The first kappa shape index (κ1) is 19.4. The molecule has 30 heavy (non-hydrogen) atoms. The van der Waals surface area contributed by atoms with Crippen LogP contribution < -0.4 is 4.74 Å². The summed E-state index contributed by atoms with van der Waals surface area (Å²) in [4.78, 5) is 0. The number of benzene rings is 4. The number of fused-ring (bicyclic) bond motifs is 1. The molecule has 4 aromatic carbocycles. The molecule has 0 amide bonds. The molecule has 6 nitrogen and oxygen atoms in total. The third-order valence-corrected chi connectivity index (χ3v) is 4.38. The summed E-state index contributed by atoms with van der Waals surface area (Å²) in [5.74, 6) is 0.682. The molecule has 0 bridgehead atoms. The second-order valence-electron chi connectivity index (χ2n) is 6.45. The van der Waals surface area contributed by atoms with Crippen LogP contribution in [0.15, 0.2) is 111 Å². The van der Waals surface area contributed by atoms with Gasteiger partial charge in [0.05, 0.1) is 29.4 Å². The SMILES string of the molecule is OCCOc1ccc(N=Nc2ccc(N=Nc3ccccc3)c3ccccc23)cc1. The summed E-state index contributed by atoms with van der Waals surface area (Å²) >= 11 is 0. The topological polar surface area (TPSA) is 78.9 Å². The van der Waals surface area contributed by atoms with Crippen LogP contribution >= 0.6 is 0 Å². The van der Waals surface area contributed by atoms with Gasteiger partial charge in [-0.2, -0.15) is 10.2 Å². The number of aliphatic hydroxyl groups is 1. The molecule has 6 heteroatoms. The quantitative estimate of drug-likeness (QED) is 0.340. The predicted octanol–water partition coefficient (Wildman–Crippen LogP) is 7.04. The Kier molecular flexibility index (Phi) is 6.17. The van der Waals surface area contributed by atoms with E-state index < -0.39 is 0 Å². The fourth-order valence-electron chi connectivity index (χ4n) is 2.93. The first-order chi connectivity index (χ1) is 14.8. The summed E-state index contributed by atoms with van der Waals surface area (Å²) < 4.78 is 5.36. The molecule has 0 aliphatic carbocycles. The van der Waals surface area contributed by atoms with Crippen LogP contribution in [-0.4, -0.2) is 18.3 Å². The number of ether oxygens (including phenoxy) is 1. The average molecular weight is 396 g/mol. The Labute approximate surface area is 174 Å². The molecule has 0 saturated heterocycles. The maximum Gasteiger partial charge on any atom is 0.119 e. The van der Waals surface area contributed by atoms with E-state index in [-0.39, 0.29) is 13.2 Å². The Morgan fingerprint density at radius 1 is 0.567 bits per heavy atom. The Hall–Kier alpha value is -3.90. The number of rotatable bonds is 7. The van der Waals surface area contributed by atoms with E-state index in [1.54, 1.807) is 12.1 Å². The largest absolute Gasteiger partial charge is 0.491 e. The minimum Gasteiger partial charge on any atom is -0.491 e. The van der Waals surface area contributed by atoms with Gasteiger partial charge in [0.25, 0.3) is 0 Å². The lowest BCUT2D eigenvalue weighted by Crippen LogP contribution is -2.00. The zero-order valence-corrected chi connectivity index (χ0v) is 16.2. The van der Waals surface area contributed by atoms with Gasteiger partial charge in [-0.05, 0) is 48.5 Å². The van der Waals surface area contributed by atoms with Crippen molar-refractivity contribution in [3.63, 3.8) is 0 Å². The maximum absolute atomic E-state index is 8.82. The highest BCUT2D eigenvalue weighted by atomic mass is 16.5. The van der Waals surface area contributed by atoms with Crippen LogP contribution in [0.1, 0.15) is 0 Å². The first-order valence-corrected chi connectivity index (χ1v) is 9.57. The zero-order valence-electron chi connectivity index (χ0n) is 16.2. The van der Waals surface area contributed by atoms with Crippen LogP contribution in [0.2, 0.25) is 0 Å². The van der Waals surface area contributed by atoms with Crippen molar-refractivity contribution in [3.05, 3.63) is 91.0 Å². The van der Waals surface area contributed by atoms with E-state index in [0.29, 0.717) is 11.4 Å². The van der Waals surface area contributed by atoms with Crippen LogP contribution in [-0.2, 0) is 0 Å². The third-order valence-electron chi connectivity index (χ3n) is 4.38. The molecular formula is C24H20N4O2. The van der Waals surface area contributed by atoms with Crippen molar-refractivity contribution < 1.29 is 9.84 Å². The normalized spacial score (nSPS) is 11.5. The van der Waals surface area contributed by atoms with Crippen molar-refractivity contribution in [1.29, 1.82) is 0 Å². The highest BCUT2D eigenvalue weighted by Crippen LogP contribution is 2.35. The van der Waals surface area contributed by atoms with Crippen LogP contribution in [0, 0.1) is 0 Å². The van der Waals surface area contributed by atoms with Gasteiger partial charge in [-0.15, -0.1) is 10.2 Å². The van der Waals surface area contributed by atoms with Gasteiger partial charge in [-0.3, -0.25) is 0 Å². The summed E-state index contributed by atoms with van der Waals surface area (Å²) in [5, 5.41) is 28.2. The molecule has 1 N–H and O–H groups in total. The van der Waals surface area contributed by atoms with Gasteiger partial charge in [0.2, 0.25) is 0 Å². The summed E-state index contributed by atoms with van der Waals surface area (Å²) in [7, 11) is 0. The molecule has 0 unspecified atom stereocenters. The van der Waals surface area contributed by atoms with Crippen molar-refractivity contribution in [2.75, 3.05) is 13.2 Å². The lowest BCUT2D eigenvalue weighted by atomic mass is 10.1. The standard InChI is InChI=1S/C24H20N4O2/c29-16-17-30-20-12-10-19(11-13-20)26-28-24-15-14-23(21-8-4-5-9-22(21)24)27-25-18-6-2-1-3-7-18/h1-15,29H,16-17H2. The number of nitrogens with zero attached hydrogens (tertiary/aromatic N) is 4. The smallest absolute Gasteiger partial charge is 0.119 e. The van der Waals surface area contributed by atoms with Gasteiger partial charge in [-0.25, -0.2) is 0 Å². The van der Waals surface area contributed by atoms with Gasteiger partial charge >= 0.3 is 0 Å². The van der Waals surface area contributed by atoms with Gasteiger partial charge in [0, 0.05) is 10.8 Å².